The number of carbonyl (C=O) groups excluding carboxylic acids is 1. The van der Waals surface area contributed by atoms with Crippen LogP contribution in [-0.2, 0) is 6.54 Å². The second kappa shape index (κ2) is 11.3. The topological polar surface area (TPSA) is 106 Å². The van der Waals surface area contributed by atoms with E-state index in [-0.39, 0.29) is 24.1 Å². The van der Waals surface area contributed by atoms with Crippen LogP contribution >= 0.6 is 11.6 Å². The molecule has 208 valence electrons. The van der Waals surface area contributed by atoms with Crippen molar-refractivity contribution in [2.24, 2.45) is 10.7 Å². The number of nitrogens with one attached hydrogen (secondary N) is 1. The van der Waals surface area contributed by atoms with Gasteiger partial charge in [0.1, 0.15) is 11.6 Å². The summed E-state index contributed by atoms with van der Waals surface area (Å²) >= 11 is 6.40. The Morgan fingerprint density at radius 2 is 1.90 bits per heavy atom. The largest absolute Gasteiger partial charge is 0.496 e. The first kappa shape index (κ1) is 26.9. The Balaban J connectivity index is 1.34. The SMILES string of the molecule is COc1cccc(F)c1C1=NCc2cnc(Nc3cccc(C(=O)N4CCC(N)CC4)c3)nc2-c2ccc(Cl)cc21. The van der Waals surface area contributed by atoms with Gasteiger partial charge in [-0.3, -0.25) is 9.79 Å². The number of aliphatic imine (C=N–C) groups is 1. The third-order valence-electron chi connectivity index (χ3n) is 7.39. The maximum Gasteiger partial charge on any atom is 0.253 e. The Hall–Kier alpha value is -4.34. The highest BCUT2D eigenvalue weighted by Crippen LogP contribution is 2.36. The molecule has 41 heavy (non-hydrogen) atoms. The first-order valence-electron chi connectivity index (χ1n) is 13.4. The molecule has 0 bridgehead atoms. The lowest BCUT2D eigenvalue weighted by Crippen LogP contribution is -2.42. The van der Waals surface area contributed by atoms with Gasteiger partial charge in [0.2, 0.25) is 5.95 Å². The Morgan fingerprint density at radius 3 is 2.71 bits per heavy atom. The van der Waals surface area contributed by atoms with Gasteiger partial charge in [-0.15, -0.1) is 0 Å². The number of aromatic nitrogens is 2. The van der Waals surface area contributed by atoms with Crippen molar-refractivity contribution < 1.29 is 13.9 Å². The first-order chi connectivity index (χ1) is 19.9. The van der Waals surface area contributed by atoms with Crippen molar-refractivity contribution in [1.29, 1.82) is 0 Å². The van der Waals surface area contributed by atoms with Crippen LogP contribution < -0.4 is 15.8 Å². The second-order valence-electron chi connectivity index (χ2n) is 10.1. The zero-order chi connectivity index (χ0) is 28.5. The summed E-state index contributed by atoms with van der Waals surface area (Å²) in [5.74, 6) is 0.249. The van der Waals surface area contributed by atoms with Gasteiger partial charge in [0, 0.05) is 58.3 Å². The van der Waals surface area contributed by atoms with Crippen molar-refractivity contribution >= 4 is 34.9 Å². The predicted octanol–water partition coefficient (Wildman–Crippen LogP) is 5.60. The number of carbonyl (C=O) groups is 1. The molecule has 0 spiro atoms. The molecule has 0 atom stereocenters. The molecule has 0 aliphatic carbocycles. The average Bonchev–Trinajstić information content (AvgIpc) is 3.13. The lowest BCUT2D eigenvalue weighted by atomic mass is 9.94. The van der Waals surface area contributed by atoms with Crippen LogP contribution in [0, 0.1) is 5.82 Å². The quantitative estimate of drug-likeness (QED) is 0.323. The molecule has 3 heterocycles. The summed E-state index contributed by atoms with van der Waals surface area (Å²) < 4.78 is 20.6. The van der Waals surface area contributed by atoms with E-state index < -0.39 is 5.82 Å². The van der Waals surface area contributed by atoms with E-state index in [1.807, 2.05) is 23.1 Å². The maximum atomic E-state index is 15.1. The number of nitrogens with zero attached hydrogens (tertiary/aromatic N) is 4. The fourth-order valence-electron chi connectivity index (χ4n) is 5.25. The molecule has 1 saturated heterocycles. The number of anilines is 2. The second-order valence-corrected chi connectivity index (χ2v) is 10.5. The Bertz CT molecular complexity index is 1670. The van der Waals surface area contributed by atoms with Gasteiger partial charge in [-0.2, -0.15) is 0 Å². The summed E-state index contributed by atoms with van der Waals surface area (Å²) in [6.45, 7) is 1.54. The number of hydrogen-bond donors (Lipinski definition) is 2. The highest BCUT2D eigenvalue weighted by Gasteiger charge is 2.26. The average molecular weight is 571 g/mol. The number of piperidine rings is 1. The Morgan fingerprint density at radius 1 is 1.10 bits per heavy atom. The van der Waals surface area contributed by atoms with Crippen molar-refractivity contribution in [1.82, 2.24) is 14.9 Å². The fourth-order valence-corrected chi connectivity index (χ4v) is 5.42. The third kappa shape index (κ3) is 5.38. The van der Waals surface area contributed by atoms with Crippen LogP contribution in [0.15, 0.2) is 71.9 Å². The molecule has 3 N–H and O–H groups in total. The van der Waals surface area contributed by atoms with Crippen molar-refractivity contribution in [2.45, 2.75) is 25.4 Å². The Labute approximate surface area is 242 Å². The Kier molecular flexibility index (Phi) is 7.38. The highest BCUT2D eigenvalue weighted by molar-refractivity contribution is 6.31. The zero-order valence-corrected chi connectivity index (χ0v) is 23.2. The van der Waals surface area contributed by atoms with Gasteiger partial charge >= 0.3 is 0 Å². The number of methoxy groups -OCH3 is 1. The fraction of sp³-hybridized carbons (Fsp3) is 0.226. The number of hydrogen-bond acceptors (Lipinski definition) is 7. The number of fused-ring (bicyclic) bond motifs is 3. The summed E-state index contributed by atoms with van der Waals surface area (Å²) in [6.07, 6.45) is 3.31. The molecule has 0 saturated carbocycles. The number of ether oxygens (including phenoxy) is 1. The molecular formula is C31H28ClFN6O2. The van der Waals surface area contributed by atoms with Crippen molar-refractivity contribution in [2.75, 3.05) is 25.5 Å². The molecule has 3 aromatic carbocycles. The molecule has 8 nitrogen and oxygen atoms in total. The number of rotatable bonds is 5. The molecule has 0 unspecified atom stereocenters. The molecule has 2 aliphatic rings. The first-order valence-corrected chi connectivity index (χ1v) is 13.7. The number of amides is 1. The van der Waals surface area contributed by atoms with Gasteiger partial charge in [-0.1, -0.05) is 29.8 Å². The monoisotopic (exact) mass is 570 g/mol. The highest BCUT2D eigenvalue weighted by atomic mass is 35.5. The summed E-state index contributed by atoms with van der Waals surface area (Å²) in [5.41, 5.74) is 10.8. The van der Waals surface area contributed by atoms with Gasteiger partial charge in [0.15, 0.2) is 0 Å². The predicted molar refractivity (Wildman–Crippen MR) is 158 cm³/mol. The maximum absolute atomic E-state index is 15.1. The minimum atomic E-state index is -0.449. The van der Waals surface area contributed by atoms with Crippen LogP contribution in [-0.4, -0.2) is 52.7 Å². The van der Waals surface area contributed by atoms with Crippen LogP contribution in [0.2, 0.25) is 5.02 Å². The lowest BCUT2D eigenvalue weighted by molar-refractivity contribution is 0.0715. The van der Waals surface area contributed by atoms with E-state index >= 15 is 4.39 Å². The summed E-state index contributed by atoms with van der Waals surface area (Å²) in [7, 11) is 1.50. The van der Waals surface area contributed by atoms with E-state index in [1.165, 1.54) is 13.2 Å². The number of benzene rings is 3. The summed E-state index contributed by atoms with van der Waals surface area (Å²) in [4.78, 5) is 29.0. The van der Waals surface area contributed by atoms with E-state index in [4.69, 9.17) is 32.0 Å². The van der Waals surface area contributed by atoms with Crippen molar-refractivity contribution in [3.05, 3.63) is 100.0 Å². The molecular weight excluding hydrogens is 543 g/mol. The van der Waals surface area contributed by atoms with Crippen LogP contribution in [0.25, 0.3) is 11.3 Å². The normalized spacial score (nSPS) is 14.9. The molecule has 4 aromatic rings. The van der Waals surface area contributed by atoms with Crippen LogP contribution in [0.4, 0.5) is 16.0 Å². The van der Waals surface area contributed by atoms with E-state index in [1.54, 1.807) is 42.6 Å². The minimum absolute atomic E-state index is 0.0255. The van der Waals surface area contributed by atoms with E-state index in [9.17, 15) is 4.79 Å². The molecule has 1 aromatic heterocycles. The molecule has 6 rings (SSSR count). The van der Waals surface area contributed by atoms with Gasteiger partial charge in [-0.05, 0) is 55.3 Å². The number of likely N-dealkylation sites (tertiary alicyclic amines) is 1. The minimum Gasteiger partial charge on any atom is -0.496 e. The van der Waals surface area contributed by atoms with Gasteiger partial charge in [0.25, 0.3) is 5.91 Å². The zero-order valence-electron chi connectivity index (χ0n) is 22.4. The smallest absolute Gasteiger partial charge is 0.253 e. The molecule has 10 heteroatoms. The van der Waals surface area contributed by atoms with Crippen LogP contribution in [0.5, 0.6) is 5.75 Å². The number of nitrogens with two attached hydrogens (primary N) is 1. The van der Waals surface area contributed by atoms with E-state index in [0.717, 1.165) is 24.0 Å². The van der Waals surface area contributed by atoms with Gasteiger partial charge in [-0.25, -0.2) is 14.4 Å². The molecule has 2 aliphatic heterocycles. The summed E-state index contributed by atoms with van der Waals surface area (Å²) in [6, 6.07) is 17.5. The van der Waals surface area contributed by atoms with Crippen LogP contribution in [0.3, 0.4) is 0 Å². The van der Waals surface area contributed by atoms with E-state index in [2.05, 4.69) is 10.3 Å². The number of halogens is 2. The molecule has 0 radical (unpaired) electrons. The standard InChI is InChI=1S/C31H28ClFN6O2/c1-41-26-7-3-6-25(33)27(26)29-24-15-20(32)8-9-23(24)28-19(16-35-29)17-36-31(38-28)37-22-5-2-4-18(14-22)30(40)39-12-10-21(34)11-13-39/h2-9,14-15,17,21H,10-13,16,34H2,1H3,(H,36,37,38). The van der Waals surface area contributed by atoms with Gasteiger partial charge in [0.05, 0.1) is 30.6 Å². The molecule has 1 amide bonds. The lowest BCUT2D eigenvalue weighted by Gasteiger charge is -2.30. The van der Waals surface area contributed by atoms with Crippen LogP contribution in [0.1, 0.15) is 39.9 Å². The van der Waals surface area contributed by atoms with Gasteiger partial charge < -0.3 is 20.7 Å². The van der Waals surface area contributed by atoms with E-state index in [0.29, 0.717) is 58.0 Å². The van der Waals surface area contributed by atoms with Crippen molar-refractivity contribution in [3.8, 4) is 17.0 Å². The summed E-state index contributed by atoms with van der Waals surface area (Å²) in [5, 5.41) is 3.72. The van der Waals surface area contributed by atoms with Crippen molar-refractivity contribution in [3.63, 3.8) is 0 Å². The molecule has 1 fully saturated rings. The third-order valence-corrected chi connectivity index (χ3v) is 7.62.